The predicted molar refractivity (Wildman–Crippen MR) is 126 cm³/mol. The van der Waals surface area contributed by atoms with Gasteiger partial charge in [0.1, 0.15) is 5.75 Å². The van der Waals surface area contributed by atoms with Crippen molar-refractivity contribution in [3.63, 3.8) is 0 Å². The van der Waals surface area contributed by atoms with Gasteiger partial charge in [0, 0.05) is 64.2 Å². The topological polar surface area (TPSA) is 84.7 Å². The van der Waals surface area contributed by atoms with Gasteiger partial charge in [-0.2, -0.15) is 13.1 Å². The number of benzene rings is 1. The highest BCUT2D eigenvalue weighted by molar-refractivity contribution is 7.89. The molecule has 1 aromatic carbocycles. The quantitative estimate of drug-likeness (QED) is 0.350. The number of sulfonamides is 1. The maximum Gasteiger partial charge on any atom is 0.387 e. The van der Waals surface area contributed by atoms with Gasteiger partial charge >= 0.3 is 6.61 Å². The number of hydrogen-bond donors (Lipinski definition) is 0. The zero-order valence-corrected chi connectivity index (χ0v) is 21.3. The van der Waals surface area contributed by atoms with Gasteiger partial charge in [0.25, 0.3) is 10.0 Å². The molecule has 1 aliphatic heterocycles. The summed E-state index contributed by atoms with van der Waals surface area (Å²) in [7, 11) is -2.11. The molecule has 1 aliphatic carbocycles. The average Bonchev–Trinajstić information content (AvgIpc) is 3.31. The number of carbonyl (C=O) groups excluding carboxylic acids is 1. The fourth-order valence-corrected chi connectivity index (χ4v) is 6.63. The average molecular weight is 547 g/mol. The highest BCUT2D eigenvalue weighted by Crippen LogP contribution is 2.44. The molecule has 1 saturated carbocycles. The Labute approximate surface area is 213 Å². The third kappa shape index (κ3) is 6.15. The zero-order chi connectivity index (χ0) is 26.8. The number of alkyl halides is 4. The van der Waals surface area contributed by atoms with Crippen molar-refractivity contribution in [1.29, 1.82) is 0 Å². The first-order valence-corrected chi connectivity index (χ1v) is 13.5. The summed E-state index contributed by atoms with van der Waals surface area (Å²) >= 11 is 0. The summed E-state index contributed by atoms with van der Waals surface area (Å²) in [5, 5.41) is -0.0502. The SMILES string of the molecule is Cn1cnc(S(=O)(=O)N2CCN(C3(CCC(=O)c4ccccc4OC(F)F)CCC(F)(F)CC3)CC2)c1. The van der Waals surface area contributed by atoms with E-state index in [0.29, 0.717) is 13.1 Å². The standard InChI is InChI=1S/C24H30F4N4O4S/c1-30-16-21(29-17-30)37(34,35)32-14-12-31(13-15-32)23(8-10-24(27,28)11-9-23)7-6-19(33)18-4-2-3-5-20(18)36-22(25)26/h2-5,16-17,22H,6-15H2,1H3. The van der Waals surface area contributed by atoms with Crippen molar-refractivity contribution in [3.05, 3.63) is 42.4 Å². The van der Waals surface area contributed by atoms with Crippen LogP contribution in [0, 0.1) is 0 Å². The second-order valence-electron chi connectivity index (χ2n) is 9.65. The lowest BCUT2D eigenvalue weighted by Gasteiger charge is -2.50. The largest absolute Gasteiger partial charge is 0.434 e. The van der Waals surface area contributed by atoms with Crippen LogP contribution in [0.5, 0.6) is 5.75 Å². The van der Waals surface area contributed by atoms with Crippen molar-refractivity contribution in [2.24, 2.45) is 7.05 Å². The third-order valence-corrected chi connectivity index (χ3v) is 9.11. The van der Waals surface area contributed by atoms with Crippen molar-refractivity contribution in [1.82, 2.24) is 18.8 Å². The molecule has 0 N–H and O–H groups in total. The number of para-hydroxylation sites is 1. The number of ketones is 1. The van der Waals surface area contributed by atoms with Crippen LogP contribution in [0.2, 0.25) is 0 Å². The second-order valence-corrected chi connectivity index (χ2v) is 11.5. The lowest BCUT2D eigenvalue weighted by Crippen LogP contribution is -2.59. The number of nitrogens with zero attached hydrogens (tertiary/aromatic N) is 4. The third-order valence-electron chi connectivity index (χ3n) is 7.33. The molecule has 2 aliphatic rings. The Morgan fingerprint density at radius 3 is 2.32 bits per heavy atom. The van der Waals surface area contributed by atoms with Crippen molar-refractivity contribution in [2.45, 2.75) is 61.6 Å². The van der Waals surface area contributed by atoms with E-state index in [9.17, 15) is 30.8 Å². The Morgan fingerprint density at radius 2 is 1.73 bits per heavy atom. The molecular weight excluding hydrogens is 516 g/mol. The molecule has 0 radical (unpaired) electrons. The second kappa shape index (κ2) is 10.7. The number of hydrogen-bond acceptors (Lipinski definition) is 6. The molecule has 37 heavy (non-hydrogen) atoms. The number of aryl methyl sites for hydroxylation is 1. The molecule has 2 aromatic rings. The molecular formula is C24H30F4N4O4S. The minimum atomic E-state index is -3.78. The van der Waals surface area contributed by atoms with Crippen LogP contribution < -0.4 is 4.74 Å². The molecule has 8 nitrogen and oxygen atoms in total. The van der Waals surface area contributed by atoms with Gasteiger partial charge in [-0.15, -0.1) is 0 Å². The molecule has 1 saturated heterocycles. The fourth-order valence-electron chi connectivity index (χ4n) is 5.24. The molecule has 0 unspecified atom stereocenters. The van der Waals surface area contributed by atoms with Crippen LogP contribution >= 0.6 is 0 Å². The molecule has 4 rings (SSSR count). The van der Waals surface area contributed by atoms with Crippen LogP contribution in [-0.4, -0.2) is 77.2 Å². The molecule has 204 valence electrons. The molecule has 2 fully saturated rings. The number of carbonyl (C=O) groups is 1. The number of rotatable bonds is 9. The van der Waals surface area contributed by atoms with Crippen LogP contribution in [-0.2, 0) is 17.1 Å². The predicted octanol–water partition coefficient (Wildman–Crippen LogP) is 3.94. The van der Waals surface area contributed by atoms with E-state index in [2.05, 4.69) is 9.72 Å². The van der Waals surface area contributed by atoms with Gasteiger partial charge in [-0.1, -0.05) is 12.1 Å². The highest BCUT2D eigenvalue weighted by atomic mass is 32.2. The summed E-state index contributed by atoms with van der Waals surface area (Å²) in [5.74, 6) is -3.43. The van der Waals surface area contributed by atoms with Crippen molar-refractivity contribution < 1.29 is 35.5 Å². The van der Waals surface area contributed by atoms with Crippen molar-refractivity contribution in [3.8, 4) is 5.75 Å². The monoisotopic (exact) mass is 546 g/mol. The van der Waals surface area contributed by atoms with E-state index in [4.69, 9.17) is 0 Å². The smallest absolute Gasteiger partial charge is 0.387 e. The number of aromatic nitrogens is 2. The van der Waals surface area contributed by atoms with Gasteiger partial charge in [-0.05, 0) is 31.4 Å². The van der Waals surface area contributed by atoms with Gasteiger partial charge in [0.15, 0.2) is 10.8 Å². The fraction of sp³-hybridized carbons (Fsp3) is 0.583. The molecule has 13 heteroatoms. The molecule has 2 heterocycles. The van der Waals surface area contributed by atoms with Crippen LogP contribution in [0.1, 0.15) is 48.9 Å². The van der Waals surface area contributed by atoms with E-state index in [1.54, 1.807) is 17.7 Å². The summed E-state index contributed by atoms with van der Waals surface area (Å²) in [6, 6.07) is 5.72. The van der Waals surface area contributed by atoms with Crippen LogP contribution in [0.25, 0.3) is 0 Å². The number of Topliss-reactive ketones (excluding diaryl/α,β-unsaturated/α-hetero) is 1. The minimum Gasteiger partial charge on any atom is -0.434 e. The van der Waals surface area contributed by atoms with Crippen molar-refractivity contribution >= 4 is 15.8 Å². The molecule has 0 amide bonds. The Morgan fingerprint density at radius 1 is 1.08 bits per heavy atom. The zero-order valence-electron chi connectivity index (χ0n) is 20.5. The maximum atomic E-state index is 14.1. The minimum absolute atomic E-state index is 0.0189. The van der Waals surface area contributed by atoms with Crippen molar-refractivity contribution in [2.75, 3.05) is 26.2 Å². The lowest BCUT2D eigenvalue weighted by molar-refractivity contribution is -0.0891. The number of imidazole rings is 1. The molecule has 0 spiro atoms. The number of halogens is 4. The summed E-state index contributed by atoms with van der Waals surface area (Å²) in [5.41, 5.74) is -0.707. The summed E-state index contributed by atoms with van der Waals surface area (Å²) < 4.78 is 87.0. The van der Waals surface area contributed by atoms with E-state index in [0.717, 1.165) is 0 Å². The molecule has 0 atom stereocenters. The van der Waals surface area contributed by atoms with Crippen LogP contribution in [0.15, 0.2) is 41.8 Å². The Kier molecular flexibility index (Phi) is 7.96. The van der Waals surface area contributed by atoms with Gasteiger partial charge in [0.2, 0.25) is 5.92 Å². The maximum absolute atomic E-state index is 14.1. The van der Waals surface area contributed by atoms with E-state index in [-0.39, 0.29) is 68.0 Å². The Balaban J connectivity index is 1.48. The van der Waals surface area contributed by atoms with E-state index >= 15 is 0 Å². The van der Waals surface area contributed by atoms with Crippen LogP contribution in [0.4, 0.5) is 17.6 Å². The summed E-state index contributed by atoms with van der Waals surface area (Å²) in [4.78, 5) is 19.0. The van der Waals surface area contributed by atoms with E-state index < -0.39 is 33.9 Å². The lowest BCUT2D eigenvalue weighted by atomic mass is 9.74. The first kappa shape index (κ1) is 27.5. The van der Waals surface area contributed by atoms with Gasteiger partial charge in [0.05, 0.1) is 11.9 Å². The Hall–Kier alpha value is -2.51. The number of ether oxygens (including phenoxy) is 1. The highest BCUT2D eigenvalue weighted by Gasteiger charge is 2.47. The summed E-state index contributed by atoms with van der Waals surface area (Å²) in [6.45, 7) is -2.13. The van der Waals surface area contributed by atoms with E-state index in [1.807, 2.05) is 4.90 Å². The first-order valence-electron chi connectivity index (χ1n) is 12.1. The van der Waals surface area contributed by atoms with Gasteiger partial charge < -0.3 is 9.30 Å². The summed E-state index contributed by atoms with van der Waals surface area (Å²) in [6.07, 6.45) is 2.66. The van der Waals surface area contributed by atoms with E-state index in [1.165, 1.54) is 35.0 Å². The normalized spacial score (nSPS) is 20.7. The first-order chi connectivity index (χ1) is 17.4. The Bertz CT molecular complexity index is 1200. The molecule has 0 bridgehead atoms. The van der Waals surface area contributed by atoms with Gasteiger partial charge in [-0.3, -0.25) is 9.69 Å². The number of piperazine rings is 1. The van der Waals surface area contributed by atoms with Crippen LogP contribution in [0.3, 0.4) is 0 Å². The molecule has 1 aromatic heterocycles. The van der Waals surface area contributed by atoms with Gasteiger partial charge in [-0.25, -0.2) is 22.2 Å².